The van der Waals surface area contributed by atoms with Gasteiger partial charge in [0.1, 0.15) is 12.4 Å². The van der Waals surface area contributed by atoms with Crippen LogP contribution in [0.5, 0.6) is 5.75 Å². The molecule has 2 aromatic carbocycles. The molecule has 10 heteroatoms. The van der Waals surface area contributed by atoms with Crippen molar-refractivity contribution in [3.05, 3.63) is 83.4 Å². The number of alkyl halides is 3. The molecule has 206 valence electrons. The molecule has 1 aromatic heterocycles. The summed E-state index contributed by atoms with van der Waals surface area (Å²) in [5.41, 5.74) is 1.93. The van der Waals surface area contributed by atoms with E-state index in [1.165, 1.54) is 35.7 Å². The van der Waals surface area contributed by atoms with E-state index in [0.29, 0.717) is 10.8 Å². The van der Waals surface area contributed by atoms with Crippen LogP contribution in [0.25, 0.3) is 0 Å². The Morgan fingerprint density at radius 1 is 0.974 bits per heavy atom. The first-order chi connectivity index (χ1) is 18.6. The summed E-state index contributed by atoms with van der Waals surface area (Å²) in [5.74, 6) is -2.09. The fraction of sp³-hybridized carbons (Fsp3) is 0.379. The summed E-state index contributed by atoms with van der Waals surface area (Å²) in [4.78, 5) is 36.0. The van der Waals surface area contributed by atoms with Gasteiger partial charge in [-0.2, -0.15) is 13.2 Å². The molecule has 0 unspecified atom stereocenters. The van der Waals surface area contributed by atoms with E-state index in [0.717, 1.165) is 36.9 Å². The number of hydrogen-bond acceptors (Lipinski definition) is 5. The monoisotopic (exact) mass is 540 g/mol. The van der Waals surface area contributed by atoms with Gasteiger partial charge < -0.3 is 9.64 Å². The Hall–Kier alpha value is -3.95. The predicted molar refractivity (Wildman–Crippen MR) is 140 cm³/mol. The normalized spacial score (nSPS) is 14.1. The molecule has 0 bridgehead atoms. The average Bonchev–Trinajstić information content (AvgIpc) is 2.94. The van der Waals surface area contributed by atoms with Gasteiger partial charge in [0.2, 0.25) is 0 Å². The van der Waals surface area contributed by atoms with Crippen LogP contribution in [-0.2, 0) is 17.9 Å². The number of amides is 2. The highest BCUT2D eigenvalue weighted by Gasteiger charge is 2.43. The predicted octanol–water partition coefficient (Wildman–Crippen LogP) is 5.90. The maximum absolute atomic E-state index is 13.7. The summed E-state index contributed by atoms with van der Waals surface area (Å²) in [5, 5.41) is 0. The molecule has 1 fully saturated rings. The molecule has 1 saturated carbocycles. The second kappa shape index (κ2) is 12.3. The van der Waals surface area contributed by atoms with E-state index in [1.54, 1.807) is 20.3 Å². The van der Waals surface area contributed by atoms with Crippen molar-refractivity contribution in [3.63, 3.8) is 0 Å². The smallest absolute Gasteiger partial charge is 0.471 e. The molecule has 0 N–H and O–H groups in total. The fourth-order valence-corrected chi connectivity index (χ4v) is 4.60. The largest absolute Gasteiger partial charge is 0.488 e. The van der Waals surface area contributed by atoms with Crippen molar-refractivity contribution in [3.8, 4) is 5.75 Å². The number of ether oxygens (including phenoxy) is 1. The van der Waals surface area contributed by atoms with Crippen LogP contribution in [0.2, 0.25) is 0 Å². The lowest BCUT2D eigenvalue weighted by atomic mass is 9.87. The van der Waals surface area contributed by atoms with Gasteiger partial charge in [-0.3, -0.25) is 24.5 Å². The number of rotatable bonds is 8. The summed E-state index contributed by atoms with van der Waals surface area (Å²) in [7, 11) is 3.12. The number of benzene rings is 2. The van der Waals surface area contributed by atoms with Crippen LogP contribution in [0.1, 0.15) is 65.3 Å². The third-order valence-electron chi connectivity index (χ3n) is 6.71. The van der Waals surface area contributed by atoms with Crippen molar-refractivity contribution in [2.24, 2.45) is 0 Å². The molecule has 1 aliphatic rings. The van der Waals surface area contributed by atoms with Gasteiger partial charge in [-0.15, -0.1) is 0 Å². The van der Waals surface area contributed by atoms with Crippen molar-refractivity contribution in [2.45, 2.75) is 57.3 Å². The standard InChI is InChI=1S/C29H31F3N4O3/c1-35(2)27(37)24-14-13-23(15-26(24)39-19-20-9-5-3-6-10-20)36(28(38)29(30,31)32)18-22-16-34-25(17-33-22)21-11-7-4-8-12-21/h3,5-6,9-10,13-17,21H,4,7-8,11-12,18-19H2,1-2H3. The number of hydrogen-bond donors (Lipinski definition) is 0. The number of aromatic nitrogens is 2. The number of carbonyl (C=O) groups excluding carboxylic acids is 2. The summed E-state index contributed by atoms with van der Waals surface area (Å²) >= 11 is 0. The zero-order valence-corrected chi connectivity index (χ0v) is 21.9. The third kappa shape index (κ3) is 7.13. The lowest BCUT2D eigenvalue weighted by Crippen LogP contribution is -2.41. The van der Waals surface area contributed by atoms with E-state index in [-0.39, 0.29) is 35.2 Å². The van der Waals surface area contributed by atoms with Crippen LogP contribution >= 0.6 is 0 Å². The summed E-state index contributed by atoms with van der Waals surface area (Å²) in [6.45, 7) is -0.366. The highest BCUT2D eigenvalue weighted by Crippen LogP contribution is 2.33. The molecule has 7 nitrogen and oxygen atoms in total. The van der Waals surface area contributed by atoms with Gasteiger partial charge in [0.05, 0.1) is 29.7 Å². The van der Waals surface area contributed by atoms with E-state index in [2.05, 4.69) is 9.97 Å². The number of halogens is 3. The maximum atomic E-state index is 13.7. The molecule has 2 amide bonds. The van der Waals surface area contributed by atoms with Gasteiger partial charge in [0.25, 0.3) is 5.91 Å². The van der Waals surface area contributed by atoms with E-state index in [1.807, 2.05) is 30.3 Å². The maximum Gasteiger partial charge on any atom is 0.471 e. The second-order valence-corrected chi connectivity index (χ2v) is 9.81. The average molecular weight is 541 g/mol. The van der Waals surface area contributed by atoms with Gasteiger partial charge in [-0.05, 0) is 30.5 Å². The molecule has 0 atom stereocenters. The van der Waals surface area contributed by atoms with Crippen LogP contribution < -0.4 is 9.64 Å². The second-order valence-electron chi connectivity index (χ2n) is 9.81. The Labute approximate surface area is 225 Å². The van der Waals surface area contributed by atoms with Crippen LogP contribution in [0.3, 0.4) is 0 Å². The highest BCUT2D eigenvalue weighted by atomic mass is 19.4. The molecule has 0 spiro atoms. The van der Waals surface area contributed by atoms with Gasteiger partial charge in [-0.1, -0.05) is 49.6 Å². The molecule has 4 rings (SSSR count). The number of nitrogens with zero attached hydrogens (tertiary/aromatic N) is 4. The van der Waals surface area contributed by atoms with Crippen LogP contribution in [-0.4, -0.2) is 47.0 Å². The SMILES string of the molecule is CN(C)C(=O)c1ccc(N(Cc2cnc(C3CCCCC3)cn2)C(=O)C(F)(F)F)cc1OCc1ccccc1. The van der Waals surface area contributed by atoms with Crippen molar-refractivity contribution < 1.29 is 27.5 Å². The van der Waals surface area contributed by atoms with Crippen molar-refractivity contribution >= 4 is 17.5 Å². The molecular formula is C29H31F3N4O3. The summed E-state index contributed by atoms with van der Waals surface area (Å²) in [6, 6.07) is 13.1. The first-order valence-electron chi connectivity index (χ1n) is 12.9. The van der Waals surface area contributed by atoms with Gasteiger partial charge in [-0.25, -0.2) is 0 Å². The Morgan fingerprint density at radius 2 is 1.69 bits per heavy atom. The minimum atomic E-state index is -5.13. The topological polar surface area (TPSA) is 75.6 Å². The van der Waals surface area contributed by atoms with E-state index >= 15 is 0 Å². The quantitative estimate of drug-likeness (QED) is 0.356. The summed E-state index contributed by atoms with van der Waals surface area (Å²) in [6.07, 6.45) is 3.33. The Morgan fingerprint density at radius 3 is 2.31 bits per heavy atom. The zero-order valence-electron chi connectivity index (χ0n) is 21.9. The molecule has 1 heterocycles. The lowest BCUT2D eigenvalue weighted by molar-refractivity contribution is -0.170. The lowest BCUT2D eigenvalue weighted by Gasteiger charge is -2.25. The Kier molecular flexibility index (Phi) is 8.83. The van der Waals surface area contributed by atoms with Crippen molar-refractivity contribution in [1.29, 1.82) is 0 Å². The van der Waals surface area contributed by atoms with E-state index in [9.17, 15) is 22.8 Å². The van der Waals surface area contributed by atoms with Crippen LogP contribution in [0.4, 0.5) is 18.9 Å². The third-order valence-corrected chi connectivity index (χ3v) is 6.71. The van der Waals surface area contributed by atoms with Gasteiger partial charge in [0.15, 0.2) is 0 Å². The first kappa shape index (κ1) is 28.1. The summed E-state index contributed by atoms with van der Waals surface area (Å²) < 4.78 is 46.9. The Bertz CT molecular complexity index is 1280. The molecule has 1 aliphatic carbocycles. The molecule has 0 saturated heterocycles. The van der Waals surface area contributed by atoms with Crippen LogP contribution in [0.15, 0.2) is 60.9 Å². The minimum absolute atomic E-state index is 0.0637. The molecule has 39 heavy (non-hydrogen) atoms. The minimum Gasteiger partial charge on any atom is -0.488 e. The van der Waals surface area contributed by atoms with Crippen molar-refractivity contribution in [2.75, 3.05) is 19.0 Å². The highest BCUT2D eigenvalue weighted by molar-refractivity contribution is 6.00. The van der Waals surface area contributed by atoms with Gasteiger partial charge >= 0.3 is 12.1 Å². The molecule has 0 radical (unpaired) electrons. The molecular weight excluding hydrogens is 509 g/mol. The fourth-order valence-electron chi connectivity index (χ4n) is 4.60. The Balaban J connectivity index is 1.65. The van der Waals surface area contributed by atoms with Gasteiger partial charge in [0, 0.05) is 38.0 Å². The van der Waals surface area contributed by atoms with Crippen LogP contribution in [0, 0.1) is 0 Å². The van der Waals surface area contributed by atoms with E-state index < -0.39 is 18.6 Å². The number of anilines is 1. The number of carbonyl (C=O) groups is 2. The van der Waals surface area contributed by atoms with E-state index in [4.69, 9.17) is 4.74 Å². The molecule has 0 aliphatic heterocycles. The van der Waals surface area contributed by atoms with Crippen molar-refractivity contribution in [1.82, 2.24) is 14.9 Å². The molecule has 3 aromatic rings. The zero-order chi connectivity index (χ0) is 28.0. The first-order valence-corrected chi connectivity index (χ1v) is 12.9.